The van der Waals surface area contributed by atoms with Crippen molar-refractivity contribution in [3.8, 4) is 17.0 Å². The van der Waals surface area contributed by atoms with Gasteiger partial charge in [0.05, 0.1) is 24.5 Å². The quantitative estimate of drug-likeness (QED) is 0.372. The largest absolute Gasteiger partial charge is 0.495 e. The molecule has 1 unspecified atom stereocenters. The molecule has 5 nitrogen and oxygen atoms in total. The molecule has 0 aliphatic rings. The molecule has 0 fully saturated rings. The summed E-state index contributed by atoms with van der Waals surface area (Å²) in [5.41, 5.74) is 3.78. The van der Waals surface area contributed by atoms with E-state index in [1.165, 1.54) is 11.3 Å². The SMILES string of the molecule is COc1ccccc1N(CC(=O)NC(C)c1ccccc1)c1nc(-c2ccccc2)cs1. The summed E-state index contributed by atoms with van der Waals surface area (Å²) < 4.78 is 5.57. The number of anilines is 2. The van der Waals surface area contributed by atoms with Gasteiger partial charge in [-0.2, -0.15) is 0 Å². The summed E-state index contributed by atoms with van der Waals surface area (Å²) in [7, 11) is 1.63. The normalized spacial score (nSPS) is 11.6. The molecule has 0 bridgehead atoms. The van der Waals surface area contributed by atoms with E-state index >= 15 is 0 Å². The first-order valence-electron chi connectivity index (χ1n) is 10.4. The molecule has 0 saturated heterocycles. The third kappa shape index (κ3) is 4.98. The lowest BCUT2D eigenvalue weighted by Gasteiger charge is -2.24. The van der Waals surface area contributed by atoms with E-state index in [1.54, 1.807) is 7.11 Å². The first kappa shape index (κ1) is 21.6. The van der Waals surface area contributed by atoms with Gasteiger partial charge in [0, 0.05) is 10.9 Å². The number of para-hydroxylation sites is 2. The van der Waals surface area contributed by atoms with Gasteiger partial charge >= 0.3 is 0 Å². The second kappa shape index (κ2) is 10.1. The van der Waals surface area contributed by atoms with Gasteiger partial charge in [-0.05, 0) is 24.6 Å². The van der Waals surface area contributed by atoms with E-state index in [9.17, 15) is 4.79 Å². The lowest BCUT2D eigenvalue weighted by molar-refractivity contribution is -0.120. The predicted molar refractivity (Wildman–Crippen MR) is 131 cm³/mol. The standard InChI is InChI=1S/C26H25N3O2S/c1-19(20-11-5-3-6-12-20)27-25(30)17-29(23-15-9-10-16-24(23)31-2)26-28-22(18-32-26)21-13-7-4-8-14-21/h3-16,18-19H,17H2,1-2H3,(H,27,30). The third-order valence-electron chi connectivity index (χ3n) is 5.15. The first-order chi connectivity index (χ1) is 15.7. The highest BCUT2D eigenvalue weighted by Gasteiger charge is 2.21. The van der Waals surface area contributed by atoms with E-state index in [1.807, 2.05) is 102 Å². The summed E-state index contributed by atoms with van der Waals surface area (Å²) in [5, 5.41) is 5.84. The van der Waals surface area contributed by atoms with Crippen molar-refractivity contribution in [2.45, 2.75) is 13.0 Å². The summed E-state index contributed by atoms with van der Waals surface area (Å²) in [6.45, 7) is 2.11. The molecule has 4 aromatic rings. The molecule has 0 aliphatic carbocycles. The maximum atomic E-state index is 13.0. The molecule has 1 atom stereocenters. The third-order valence-corrected chi connectivity index (χ3v) is 6.01. The van der Waals surface area contributed by atoms with Gasteiger partial charge < -0.3 is 15.0 Å². The van der Waals surface area contributed by atoms with Gasteiger partial charge in [-0.15, -0.1) is 11.3 Å². The van der Waals surface area contributed by atoms with Crippen LogP contribution in [0, 0.1) is 0 Å². The molecule has 32 heavy (non-hydrogen) atoms. The summed E-state index contributed by atoms with van der Waals surface area (Å²) in [5.74, 6) is 0.594. The van der Waals surface area contributed by atoms with E-state index in [0.29, 0.717) is 5.75 Å². The highest BCUT2D eigenvalue weighted by molar-refractivity contribution is 7.14. The maximum Gasteiger partial charge on any atom is 0.240 e. The molecule has 6 heteroatoms. The predicted octanol–water partition coefficient (Wildman–Crippen LogP) is 5.83. The minimum absolute atomic E-state index is 0.0938. The number of hydrogen-bond donors (Lipinski definition) is 1. The summed E-state index contributed by atoms with van der Waals surface area (Å²) in [6, 6.07) is 27.5. The summed E-state index contributed by atoms with van der Waals surface area (Å²) >= 11 is 1.50. The maximum absolute atomic E-state index is 13.0. The lowest BCUT2D eigenvalue weighted by atomic mass is 10.1. The van der Waals surface area contributed by atoms with Crippen molar-refractivity contribution in [3.63, 3.8) is 0 Å². The Kier molecular flexibility index (Phi) is 6.82. The van der Waals surface area contributed by atoms with E-state index in [2.05, 4.69) is 5.32 Å². The van der Waals surface area contributed by atoms with Gasteiger partial charge in [0.2, 0.25) is 5.91 Å². The van der Waals surface area contributed by atoms with Crippen molar-refractivity contribution >= 4 is 28.1 Å². The van der Waals surface area contributed by atoms with Crippen LogP contribution in [0.15, 0.2) is 90.3 Å². The second-order valence-corrected chi connectivity index (χ2v) is 8.18. The van der Waals surface area contributed by atoms with Crippen LogP contribution in [0.3, 0.4) is 0 Å². The molecule has 1 amide bonds. The van der Waals surface area contributed by atoms with E-state index in [0.717, 1.165) is 27.6 Å². The zero-order chi connectivity index (χ0) is 22.3. The fourth-order valence-corrected chi connectivity index (χ4v) is 4.34. The number of aromatic nitrogens is 1. The number of nitrogens with zero attached hydrogens (tertiary/aromatic N) is 2. The van der Waals surface area contributed by atoms with Crippen LogP contribution in [0.25, 0.3) is 11.3 Å². The van der Waals surface area contributed by atoms with Crippen molar-refractivity contribution in [2.24, 2.45) is 0 Å². The van der Waals surface area contributed by atoms with Crippen molar-refractivity contribution in [2.75, 3.05) is 18.6 Å². The van der Waals surface area contributed by atoms with Gasteiger partial charge in [-0.25, -0.2) is 4.98 Å². The summed E-state index contributed by atoms with van der Waals surface area (Å²) in [4.78, 5) is 19.8. The van der Waals surface area contributed by atoms with Gasteiger partial charge in [-0.1, -0.05) is 72.8 Å². The molecule has 1 aromatic heterocycles. The van der Waals surface area contributed by atoms with E-state index < -0.39 is 0 Å². The van der Waals surface area contributed by atoms with Crippen LogP contribution in [-0.2, 0) is 4.79 Å². The molecule has 0 spiro atoms. The Bertz CT molecular complexity index is 1160. The van der Waals surface area contributed by atoms with Crippen molar-refractivity contribution in [3.05, 3.63) is 95.9 Å². The number of ether oxygens (including phenoxy) is 1. The number of rotatable bonds is 8. The minimum Gasteiger partial charge on any atom is -0.495 e. The molecule has 1 heterocycles. The highest BCUT2D eigenvalue weighted by Crippen LogP contribution is 2.36. The minimum atomic E-state index is -0.0978. The fraction of sp³-hybridized carbons (Fsp3) is 0.154. The molecule has 162 valence electrons. The van der Waals surface area contributed by atoms with Crippen molar-refractivity contribution in [1.29, 1.82) is 0 Å². The van der Waals surface area contributed by atoms with Crippen LogP contribution in [0.5, 0.6) is 5.75 Å². The van der Waals surface area contributed by atoms with Gasteiger partial charge in [0.1, 0.15) is 12.3 Å². The fourth-order valence-electron chi connectivity index (χ4n) is 3.49. The average Bonchev–Trinajstić information content (AvgIpc) is 3.34. The van der Waals surface area contributed by atoms with Crippen molar-refractivity contribution in [1.82, 2.24) is 10.3 Å². The zero-order valence-electron chi connectivity index (χ0n) is 18.1. The number of methoxy groups -OCH3 is 1. The van der Waals surface area contributed by atoms with Gasteiger partial charge in [-0.3, -0.25) is 4.79 Å². The molecule has 1 N–H and O–H groups in total. The number of amides is 1. The molecule has 0 saturated carbocycles. The number of carbonyl (C=O) groups is 1. The van der Waals surface area contributed by atoms with Gasteiger partial charge in [0.15, 0.2) is 5.13 Å². The van der Waals surface area contributed by atoms with Crippen molar-refractivity contribution < 1.29 is 9.53 Å². The molecular weight excluding hydrogens is 418 g/mol. The Morgan fingerprint density at radius 2 is 1.66 bits per heavy atom. The van der Waals surface area contributed by atoms with Crippen LogP contribution < -0.4 is 15.0 Å². The molecular formula is C26H25N3O2S. The zero-order valence-corrected chi connectivity index (χ0v) is 18.9. The van der Waals surface area contributed by atoms with E-state index in [-0.39, 0.29) is 18.5 Å². The Morgan fingerprint density at radius 1 is 1.00 bits per heavy atom. The Labute approximate surface area is 192 Å². The molecule has 0 aliphatic heterocycles. The summed E-state index contributed by atoms with van der Waals surface area (Å²) in [6.07, 6.45) is 0. The number of hydrogen-bond acceptors (Lipinski definition) is 5. The van der Waals surface area contributed by atoms with Crippen LogP contribution in [-0.4, -0.2) is 24.5 Å². The second-order valence-electron chi connectivity index (χ2n) is 7.34. The molecule has 3 aromatic carbocycles. The monoisotopic (exact) mass is 443 g/mol. The van der Waals surface area contributed by atoms with Crippen LogP contribution >= 0.6 is 11.3 Å². The van der Waals surface area contributed by atoms with Crippen LogP contribution in [0.4, 0.5) is 10.8 Å². The lowest BCUT2D eigenvalue weighted by Crippen LogP contribution is -2.36. The number of nitrogens with one attached hydrogen (secondary N) is 1. The number of benzene rings is 3. The number of carbonyl (C=O) groups excluding carboxylic acids is 1. The number of thiazole rings is 1. The van der Waals surface area contributed by atoms with Gasteiger partial charge in [0.25, 0.3) is 0 Å². The topological polar surface area (TPSA) is 54.5 Å². The Morgan fingerprint density at radius 3 is 2.38 bits per heavy atom. The molecule has 4 rings (SSSR count). The average molecular weight is 444 g/mol. The highest BCUT2D eigenvalue weighted by atomic mass is 32.1. The van der Waals surface area contributed by atoms with Crippen LogP contribution in [0.1, 0.15) is 18.5 Å². The van der Waals surface area contributed by atoms with E-state index in [4.69, 9.17) is 9.72 Å². The van der Waals surface area contributed by atoms with Crippen LogP contribution in [0.2, 0.25) is 0 Å². The Hall–Kier alpha value is -3.64. The Balaban J connectivity index is 1.62. The first-order valence-corrected chi connectivity index (χ1v) is 11.3. The molecule has 0 radical (unpaired) electrons. The smallest absolute Gasteiger partial charge is 0.240 e.